The number of amides is 1. The Hall–Kier alpha value is -2.92. The van der Waals surface area contributed by atoms with Crippen LogP contribution in [0.5, 0.6) is 0 Å². The molecule has 0 aliphatic heterocycles. The van der Waals surface area contributed by atoms with E-state index in [9.17, 15) is 9.59 Å². The highest BCUT2D eigenvalue weighted by Gasteiger charge is 2.22. The highest BCUT2D eigenvalue weighted by Crippen LogP contribution is 2.29. The number of esters is 1. The first kappa shape index (κ1) is 18.9. The van der Waals surface area contributed by atoms with Gasteiger partial charge < -0.3 is 10.1 Å². The van der Waals surface area contributed by atoms with Crippen LogP contribution in [0.25, 0.3) is 11.1 Å². The number of thiophene rings is 1. The zero-order valence-electron chi connectivity index (χ0n) is 15.3. The van der Waals surface area contributed by atoms with E-state index in [0.29, 0.717) is 11.4 Å². The molecule has 1 aromatic heterocycles. The third-order valence-corrected chi connectivity index (χ3v) is 5.07. The van der Waals surface area contributed by atoms with E-state index in [4.69, 9.17) is 4.74 Å². The smallest absolute Gasteiger partial charge is 0.349 e. The third-order valence-electron chi connectivity index (χ3n) is 4.18. The molecule has 0 bridgehead atoms. The Balaban J connectivity index is 1.62. The van der Waals surface area contributed by atoms with Crippen molar-refractivity contribution in [2.24, 2.45) is 0 Å². The molecule has 0 radical (unpaired) electrons. The van der Waals surface area contributed by atoms with Crippen LogP contribution in [-0.2, 0) is 16.1 Å². The molecular weight excluding hydrogens is 358 g/mol. The quantitative estimate of drug-likeness (QED) is 0.638. The molecular formula is C22H21NO3S. The van der Waals surface area contributed by atoms with Crippen molar-refractivity contribution in [2.75, 3.05) is 0 Å². The minimum Gasteiger partial charge on any atom is -0.448 e. The zero-order valence-corrected chi connectivity index (χ0v) is 16.1. The van der Waals surface area contributed by atoms with Gasteiger partial charge in [-0.05, 0) is 36.4 Å². The fourth-order valence-electron chi connectivity index (χ4n) is 2.62. The average molecular weight is 379 g/mol. The van der Waals surface area contributed by atoms with Crippen molar-refractivity contribution in [3.63, 3.8) is 0 Å². The van der Waals surface area contributed by atoms with Gasteiger partial charge in [0.1, 0.15) is 4.88 Å². The van der Waals surface area contributed by atoms with Crippen LogP contribution in [-0.4, -0.2) is 18.0 Å². The van der Waals surface area contributed by atoms with E-state index in [-0.39, 0.29) is 5.91 Å². The highest BCUT2D eigenvalue weighted by atomic mass is 32.1. The largest absolute Gasteiger partial charge is 0.448 e. The number of carbonyl (C=O) groups excluding carboxylic acids is 2. The molecule has 4 nitrogen and oxygen atoms in total. The lowest BCUT2D eigenvalue weighted by Gasteiger charge is -2.14. The number of aryl methyl sites for hydroxylation is 1. The molecule has 3 aromatic rings. The summed E-state index contributed by atoms with van der Waals surface area (Å²) in [4.78, 5) is 25.3. The van der Waals surface area contributed by atoms with E-state index < -0.39 is 12.1 Å². The molecule has 0 aliphatic rings. The Morgan fingerprint density at radius 3 is 2.44 bits per heavy atom. The SMILES string of the molecule is Cc1ccc(-c2ccsc2C(=O)O[C@@H](C)C(=O)NCc2ccccc2)cc1. The van der Waals surface area contributed by atoms with Gasteiger partial charge in [-0.2, -0.15) is 0 Å². The van der Waals surface area contributed by atoms with Gasteiger partial charge in [0, 0.05) is 12.1 Å². The lowest BCUT2D eigenvalue weighted by Crippen LogP contribution is -2.35. The molecule has 0 spiro atoms. The number of ether oxygens (including phenoxy) is 1. The standard InChI is InChI=1S/C22H21NO3S/c1-15-8-10-18(11-9-15)19-12-13-27-20(19)22(25)26-16(2)21(24)23-14-17-6-4-3-5-7-17/h3-13,16H,14H2,1-2H3,(H,23,24)/t16-/m0/s1. The summed E-state index contributed by atoms with van der Waals surface area (Å²) < 4.78 is 5.39. The molecule has 5 heteroatoms. The summed E-state index contributed by atoms with van der Waals surface area (Å²) in [6.07, 6.45) is -0.866. The first-order chi connectivity index (χ1) is 13.0. The summed E-state index contributed by atoms with van der Waals surface area (Å²) in [6, 6.07) is 19.4. The second-order valence-electron chi connectivity index (χ2n) is 6.28. The van der Waals surface area contributed by atoms with Crippen LogP contribution in [0.1, 0.15) is 27.7 Å². The van der Waals surface area contributed by atoms with Gasteiger partial charge in [0.2, 0.25) is 0 Å². The number of hydrogen-bond donors (Lipinski definition) is 1. The summed E-state index contributed by atoms with van der Waals surface area (Å²) in [7, 11) is 0. The maximum Gasteiger partial charge on any atom is 0.349 e. The molecule has 3 rings (SSSR count). The van der Waals surface area contributed by atoms with Crippen molar-refractivity contribution in [1.82, 2.24) is 5.32 Å². The molecule has 1 heterocycles. The van der Waals surface area contributed by atoms with Crippen molar-refractivity contribution >= 4 is 23.2 Å². The molecule has 1 atom stereocenters. The van der Waals surface area contributed by atoms with Crippen molar-refractivity contribution in [3.05, 3.63) is 82.0 Å². The Morgan fingerprint density at radius 1 is 1.04 bits per heavy atom. The molecule has 0 unspecified atom stereocenters. The summed E-state index contributed by atoms with van der Waals surface area (Å²) in [6.45, 7) is 3.99. The molecule has 27 heavy (non-hydrogen) atoms. The summed E-state index contributed by atoms with van der Waals surface area (Å²) >= 11 is 1.31. The minimum atomic E-state index is -0.866. The van der Waals surface area contributed by atoms with Gasteiger partial charge in [-0.1, -0.05) is 60.2 Å². The van der Waals surface area contributed by atoms with Crippen LogP contribution >= 0.6 is 11.3 Å². The normalized spacial score (nSPS) is 11.6. The Morgan fingerprint density at radius 2 is 1.74 bits per heavy atom. The molecule has 2 aromatic carbocycles. The maximum absolute atomic E-state index is 12.6. The topological polar surface area (TPSA) is 55.4 Å². The van der Waals surface area contributed by atoms with Gasteiger partial charge in [0.15, 0.2) is 6.10 Å². The van der Waals surface area contributed by atoms with E-state index in [0.717, 1.165) is 22.3 Å². The van der Waals surface area contributed by atoms with E-state index in [1.54, 1.807) is 6.92 Å². The van der Waals surface area contributed by atoms with Crippen LogP contribution in [0.15, 0.2) is 66.0 Å². The molecule has 0 saturated carbocycles. The summed E-state index contributed by atoms with van der Waals surface area (Å²) in [5.74, 6) is -0.802. The number of nitrogens with one attached hydrogen (secondary N) is 1. The van der Waals surface area contributed by atoms with E-state index >= 15 is 0 Å². The molecule has 0 aliphatic carbocycles. The van der Waals surface area contributed by atoms with Gasteiger partial charge in [0.05, 0.1) is 0 Å². The molecule has 138 valence electrons. The number of benzene rings is 2. The molecule has 0 saturated heterocycles. The number of rotatable bonds is 6. The minimum absolute atomic E-state index is 0.319. The Bertz CT molecular complexity index is 916. The Kier molecular flexibility index (Phi) is 6.04. The van der Waals surface area contributed by atoms with Gasteiger partial charge in [-0.3, -0.25) is 4.79 Å². The number of carbonyl (C=O) groups is 2. The van der Waals surface area contributed by atoms with Crippen LogP contribution in [0, 0.1) is 6.92 Å². The first-order valence-corrected chi connectivity index (χ1v) is 9.59. The predicted octanol–water partition coefficient (Wildman–Crippen LogP) is 4.59. The number of hydrogen-bond acceptors (Lipinski definition) is 4. The van der Waals surface area contributed by atoms with Crippen LogP contribution in [0.3, 0.4) is 0 Å². The fraction of sp³-hybridized carbons (Fsp3) is 0.182. The highest BCUT2D eigenvalue weighted by molar-refractivity contribution is 7.12. The van der Waals surface area contributed by atoms with Gasteiger partial charge in [0.25, 0.3) is 5.91 Å². The molecule has 1 N–H and O–H groups in total. The second kappa shape index (κ2) is 8.64. The monoisotopic (exact) mass is 379 g/mol. The van der Waals surface area contributed by atoms with Crippen LogP contribution in [0.2, 0.25) is 0 Å². The van der Waals surface area contributed by atoms with Crippen LogP contribution < -0.4 is 5.32 Å². The Labute approximate surface area is 162 Å². The van der Waals surface area contributed by atoms with Crippen molar-refractivity contribution in [2.45, 2.75) is 26.5 Å². The molecule has 0 fully saturated rings. The van der Waals surface area contributed by atoms with E-state index in [1.807, 2.05) is 73.0 Å². The van der Waals surface area contributed by atoms with E-state index in [1.165, 1.54) is 11.3 Å². The summed E-state index contributed by atoms with van der Waals surface area (Å²) in [5, 5.41) is 4.64. The van der Waals surface area contributed by atoms with Crippen molar-refractivity contribution < 1.29 is 14.3 Å². The van der Waals surface area contributed by atoms with Crippen molar-refractivity contribution in [1.29, 1.82) is 0 Å². The maximum atomic E-state index is 12.6. The lowest BCUT2D eigenvalue weighted by molar-refractivity contribution is -0.129. The molecule has 1 amide bonds. The fourth-order valence-corrected chi connectivity index (χ4v) is 3.42. The first-order valence-electron chi connectivity index (χ1n) is 8.72. The van der Waals surface area contributed by atoms with E-state index in [2.05, 4.69) is 5.32 Å². The predicted molar refractivity (Wildman–Crippen MR) is 108 cm³/mol. The zero-order chi connectivity index (χ0) is 19.2. The summed E-state index contributed by atoms with van der Waals surface area (Å²) in [5.41, 5.74) is 3.92. The van der Waals surface area contributed by atoms with Gasteiger partial charge in [-0.25, -0.2) is 4.79 Å². The van der Waals surface area contributed by atoms with Gasteiger partial charge >= 0.3 is 5.97 Å². The van der Waals surface area contributed by atoms with Crippen LogP contribution in [0.4, 0.5) is 0 Å². The second-order valence-corrected chi connectivity index (χ2v) is 7.20. The van der Waals surface area contributed by atoms with Gasteiger partial charge in [-0.15, -0.1) is 11.3 Å². The van der Waals surface area contributed by atoms with Crippen molar-refractivity contribution in [3.8, 4) is 11.1 Å². The third kappa shape index (κ3) is 4.83. The average Bonchev–Trinajstić information content (AvgIpc) is 3.17. The lowest BCUT2D eigenvalue weighted by atomic mass is 10.1.